The van der Waals surface area contributed by atoms with E-state index in [4.69, 9.17) is 4.74 Å². The molecule has 0 radical (unpaired) electrons. The Morgan fingerprint density at radius 3 is 3.00 bits per heavy atom. The van der Waals surface area contributed by atoms with Gasteiger partial charge >= 0.3 is 0 Å². The van der Waals surface area contributed by atoms with Gasteiger partial charge in [0.15, 0.2) is 5.13 Å². The minimum absolute atomic E-state index is 0.171. The molecule has 2 heterocycles. The van der Waals surface area contributed by atoms with Crippen LogP contribution in [0.1, 0.15) is 4.88 Å². The summed E-state index contributed by atoms with van der Waals surface area (Å²) in [5.74, 6) is 0.541. The Bertz CT molecular complexity index is 480. The molecular weight excluding hydrogens is 229 g/mol. The zero-order valence-corrected chi connectivity index (χ0v) is 9.84. The van der Waals surface area contributed by atoms with Crippen LogP contribution in [0.5, 0.6) is 5.88 Å². The number of aryl methyl sites for hydroxylation is 1. The molecule has 0 bridgehead atoms. The average molecular weight is 241 g/mol. The molecule has 0 aliphatic heterocycles. The molecule has 2 rings (SSSR count). The minimum Gasteiger partial charge on any atom is -0.478 e. The summed E-state index contributed by atoms with van der Waals surface area (Å²) in [6, 6.07) is 3.22. The second kappa shape index (κ2) is 4.52. The van der Waals surface area contributed by atoms with E-state index >= 15 is 0 Å². The van der Waals surface area contributed by atoms with Crippen LogP contribution in [0.4, 0.5) is 10.1 Å². The van der Waals surface area contributed by atoms with E-state index in [9.17, 15) is 4.39 Å². The number of anilines is 1. The Hall–Kier alpha value is -1.56. The minimum atomic E-state index is -0.171. The normalized spacial score (nSPS) is 10.4. The fourth-order valence-electron chi connectivity index (χ4n) is 1.37. The fourth-order valence-corrected chi connectivity index (χ4v) is 2.04. The summed E-state index contributed by atoms with van der Waals surface area (Å²) in [4.78, 5) is 0.934. The molecule has 2 aromatic rings. The first-order valence-corrected chi connectivity index (χ1v) is 5.56. The molecule has 0 saturated carbocycles. The van der Waals surface area contributed by atoms with Crippen molar-refractivity contribution in [2.75, 3.05) is 12.4 Å². The first kappa shape index (κ1) is 10.9. The van der Waals surface area contributed by atoms with Crippen LogP contribution < -0.4 is 10.1 Å². The smallest absolute Gasteiger partial charge is 0.256 e. The monoisotopic (exact) mass is 241 g/mol. The lowest BCUT2D eigenvalue weighted by atomic mass is 10.4. The lowest BCUT2D eigenvalue weighted by molar-refractivity contribution is 0.393. The number of nitrogens with one attached hydrogen (secondary N) is 1. The highest BCUT2D eigenvalue weighted by Crippen LogP contribution is 2.23. The van der Waals surface area contributed by atoms with Crippen LogP contribution in [0.3, 0.4) is 0 Å². The molecular formula is C10H12FN3OS. The van der Waals surface area contributed by atoms with Crippen molar-refractivity contribution in [3.05, 3.63) is 28.3 Å². The number of ether oxygens (including phenoxy) is 1. The van der Waals surface area contributed by atoms with E-state index in [1.54, 1.807) is 17.9 Å². The number of nitrogens with zero attached hydrogens (tertiary/aromatic N) is 2. The van der Waals surface area contributed by atoms with E-state index in [0.717, 1.165) is 21.9 Å². The molecule has 0 atom stereocenters. The number of hydrogen-bond donors (Lipinski definition) is 1. The van der Waals surface area contributed by atoms with E-state index in [0.29, 0.717) is 12.4 Å². The van der Waals surface area contributed by atoms with E-state index in [-0.39, 0.29) is 5.13 Å². The molecule has 0 saturated heterocycles. The van der Waals surface area contributed by atoms with Crippen molar-refractivity contribution in [1.29, 1.82) is 0 Å². The summed E-state index contributed by atoms with van der Waals surface area (Å²) in [6.07, 6.45) is 1.82. The fraction of sp³-hybridized carbons (Fsp3) is 0.300. The molecule has 86 valence electrons. The number of hydrogen-bond acceptors (Lipinski definition) is 4. The average Bonchev–Trinajstić information content (AvgIpc) is 2.81. The molecule has 4 nitrogen and oxygen atoms in total. The Labute approximate surface area is 96.7 Å². The number of rotatable bonds is 4. The van der Waals surface area contributed by atoms with Crippen molar-refractivity contribution in [2.45, 2.75) is 6.54 Å². The van der Waals surface area contributed by atoms with Crippen LogP contribution >= 0.6 is 11.3 Å². The van der Waals surface area contributed by atoms with Crippen molar-refractivity contribution in [3.8, 4) is 5.88 Å². The van der Waals surface area contributed by atoms with Gasteiger partial charge in [-0.3, -0.25) is 4.68 Å². The molecule has 1 N–H and O–H groups in total. The molecule has 0 aromatic carbocycles. The van der Waals surface area contributed by atoms with Gasteiger partial charge in [-0.2, -0.15) is 4.39 Å². The molecule has 0 aliphatic rings. The lowest BCUT2D eigenvalue weighted by Gasteiger charge is -2.02. The number of methoxy groups -OCH3 is 1. The van der Waals surface area contributed by atoms with Gasteiger partial charge in [-0.25, -0.2) is 0 Å². The van der Waals surface area contributed by atoms with Gasteiger partial charge in [0.1, 0.15) is 5.69 Å². The zero-order chi connectivity index (χ0) is 11.5. The Morgan fingerprint density at radius 2 is 2.38 bits per heavy atom. The summed E-state index contributed by atoms with van der Waals surface area (Å²) in [5, 5.41) is 7.09. The summed E-state index contributed by atoms with van der Waals surface area (Å²) in [6.45, 7) is 0.566. The highest BCUT2D eigenvalue weighted by molar-refractivity contribution is 7.10. The molecule has 0 unspecified atom stereocenters. The van der Waals surface area contributed by atoms with E-state index in [1.165, 1.54) is 6.07 Å². The van der Waals surface area contributed by atoms with Crippen LogP contribution in [0, 0.1) is 5.13 Å². The van der Waals surface area contributed by atoms with Crippen LogP contribution in [-0.4, -0.2) is 16.9 Å². The van der Waals surface area contributed by atoms with Gasteiger partial charge in [0.2, 0.25) is 0 Å². The van der Waals surface area contributed by atoms with Crippen molar-refractivity contribution in [3.63, 3.8) is 0 Å². The predicted octanol–water partition coefficient (Wildman–Crippen LogP) is 2.24. The Balaban J connectivity index is 2.04. The number of aromatic nitrogens is 2. The molecule has 2 aromatic heterocycles. The van der Waals surface area contributed by atoms with Crippen LogP contribution in [0.2, 0.25) is 0 Å². The van der Waals surface area contributed by atoms with E-state index in [2.05, 4.69) is 10.4 Å². The molecule has 0 fully saturated rings. The summed E-state index contributed by atoms with van der Waals surface area (Å²) in [5.41, 5.74) is 0.804. The maximum Gasteiger partial charge on any atom is 0.256 e. The summed E-state index contributed by atoms with van der Waals surface area (Å²) < 4.78 is 19.5. The quantitative estimate of drug-likeness (QED) is 0.892. The number of halogens is 1. The maximum atomic E-state index is 12.8. The molecule has 6 heteroatoms. The predicted molar refractivity (Wildman–Crippen MR) is 61.4 cm³/mol. The topological polar surface area (TPSA) is 39.1 Å². The molecule has 16 heavy (non-hydrogen) atoms. The highest BCUT2D eigenvalue weighted by Gasteiger charge is 2.07. The lowest BCUT2D eigenvalue weighted by Crippen LogP contribution is -1.98. The Morgan fingerprint density at radius 1 is 1.56 bits per heavy atom. The van der Waals surface area contributed by atoms with Gasteiger partial charge in [-0.15, -0.1) is 16.4 Å². The van der Waals surface area contributed by atoms with Gasteiger partial charge in [0, 0.05) is 18.5 Å². The largest absolute Gasteiger partial charge is 0.478 e. The van der Waals surface area contributed by atoms with Crippen molar-refractivity contribution < 1.29 is 9.13 Å². The first-order chi connectivity index (χ1) is 7.69. The van der Waals surface area contributed by atoms with E-state index < -0.39 is 0 Å². The molecule has 0 aliphatic carbocycles. The zero-order valence-electron chi connectivity index (χ0n) is 9.03. The summed E-state index contributed by atoms with van der Waals surface area (Å²) >= 11 is 1.13. The van der Waals surface area contributed by atoms with Gasteiger partial charge in [-0.05, 0) is 12.1 Å². The third-order valence-electron chi connectivity index (χ3n) is 2.07. The van der Waals surface area contributed by atoms with Gasteiger partial charge < -0.3 is 10.1 Å². The molecule has 0 spiro atoms. The van der Waals surface area contributed by atoms with Crippen LogP contribution in [0.25, 0.3) is 0 Å². The number of thiophene rings is 1. The van der Waals surface area contributed by atoms with Gasteiger partial charge in [0.05, 0.1) is 13.3 Å². The second-order valence-corrected chi connectivity index (χ2v) is 4.40. The van der Waals surface area contributed by atoms with Crippen LogP contribution in [-0.2, 0) is 13.6 Å². The first-order valence-electron chi connectivity index (χ1n) is 4.75. The summed E-state index contributed by atoms with van der Waals surface area (Å²) in [7, 11) is 3.39. The SMILES string of the molecule is COc1nn(C)cc1NCc1ccc(F)s1. The van der Waals surface area contributed by atoms with Crippen molar-refractivity contribution in [1.82, 2.24) is 9.78 Å². The second-order valence-electron chi connectivity index (χ2n) is 3.29. The third-order valence-corrected chi connectivity index (χ3v) is 2.94. The standard InChI is InChI=1S/C10H12FN3OS/c1-14-6-8(10(13-14)15-2)12-5-7-3-4-9(11)16-7/h3-4,6,12H,5H2,1-2H3. The van der Waals surface area contributed by atoms with Crippen LogP contribution in [0.15, 0.2) is 18.3 Å². The van der Waals surface area contributed by atoms with E-state index in [1.807, 2.05) is 13.2 Å². The van der Waals surface area contributed by atoms with Gasteiger partial charge in [-0.1, -0.05) is 0 Å². The third kappa shape index (κ3) is 2.33. The Kier molecular flexibility index (Phi) is 3.09. The van der Waals surface area contributed by atoms with Crippen molar-refractivity contribution in [2.24, 2.45) is 7.05 Å². The maximum absolute atomic E-state index is 12.8. The molecule has 0 amide bonds. The van der Waals surface area contributed by atoms with Crippen molar-refractivity contribution >= 4 is 17.0 Å². The highest BCUT2D eigenvalue weighted by atomic mass is 32.1. The van der Waals surface area contributed by atoms with Gasteiger partial charge in [0.25, 0.3) is 5.88 Å².